The van der Waals surface area contributed by atoms with E-state index >= 15 is 0 Å². The van der Waals surface area contributed by atoms with E-state index in [9.17, 15) is 9.90 Å². The Morgan fingerprint density at radius 1 is 1.23 bits per heavy atom. The molecular formula is C19H22N4O3. The van der Waals surface area contributed by atoms with Crippen molar-refractivity contribution in [3.63, 3.8) is 0 Å². The molecule has 1 heterocycles. The molecule has 3 rings (SSSR count). The highest BCUT2D eigenvalue weighted by Gasteiger charge is 2.21. The maximum absolute atomic E-state index is 12.0. The van der Waals surface area contributed by atoms with Gasteiger partial charge in [0.2, 0.25) is 0 Å². The third-order valence-electron chi connectivity index (χ3n) is 4.09. The molecule has 1 amide bonds. The van der Waals surface area contributed by atoms with Gasteiger partial charge < -0.3 is 26.2 Å². The largest absolute Gasteiger partial charge is 0.508 e. The van der Waals surface area contributed by atoms with E-state index in [2.05, 4.69) is 15.6 Å². The molecule has 2 aromatic rings. The van der Waals surface area contributed by atoms with Crippen LogP contribution < -0.4 is 21.1 Å². The van der Waals surface area contributed by atoms with Gasteiger partial charge in [0.25, 0.3) is 5.91 Å². The molecule has 0 radical (unpaired) electrons. The average molecular weight is 354 g/mol. The molecule has 7 heteroatoms. The fraction of sp³-hybridized carbons (Fsp3) is 0.263. The molecule has 0 saturated heterocycles. The van der Waals surface area contributed by atoms with Gasteiger partial charge in [0.05, 0.1) is 19.2 Å². The minimum atomic E-state index is -0.218. The summed E-state index contributed by atoms with van der Waals surface area (Å²) in [6, 6.07) is 14.0. The van der Waals surface area contributed by atoms with Gasteiger partial charge in [-0.1, -0.05) is 18.2 Å². The van der Waals surface area contributed by atoms with Crippen LogP contribution in [-0.4, -0.2) is 36.7 Å². The Morgan fingerprint density at radius 3 is 2.81 bits per heavy atom. The standard InChI is InChI=1S/C19H22N4O3/c20-19(23-16-9-12-26-17-4-2-1-3-15(16)17)22-11-10-21-18(25)13-5-7-14(24)8-6-13/h1-8,16,24H,9-12H2,(H,21,25)(H3,20,22,23). The average Bonchev–Trinajstić information content (AvgIpc) is 2.66. The Bertz CT molecular complexity index is 790. The highest BCUT2D eigenvalue weighted by Crippen LogP contribution is 2.31. The van der Waals surface area contributed by atoms with Crippen molar-refractivity contribution in [2.75, 3.05) is 19.7 Å². The van der Waals surface area contributed by atoms with Crippen molar-refractivity contribution in [3.8, 4) is 11.5 Å². The number of benzene rings is 2. The highest BCUT2D eigenvalue weighted by molar-refractivity contribution is 5.94. The number of ether oxygens (including phenoxy) is 1. The maximum Gasteiger partial charge on any atom is 0.251 e. The smallest absolute Gasteiger partial charge is 0.251 e. The third-order valence-corrected chi connectivity index (χ3v) is 4.09. The number of nitrogens with zero attached hydrogens (tertiary/aromatic N) is 1. The lowest BCUT2D eigenvalue weighted by Gasteiger charge is -2.26. The van der Waals surface area contributed by atoms with Gasteiger partial charge in [-0.05, 0) is 30.3 Å². The van der Waals surface area contributed by atoms with Gasteiger partial charge in [-0.15, -0.1) is 0 Å². The third kappa shape index (κ3) is 4.44. The van der Waals surface area contributed by atoms with Crippen LogP contribution in [0.3, 0.4) is 0 Å². The summed E-state index contributed by atoms with van der Waals surface area (Å²) in [6.07, 6.45) is 0.810. The predicted molar refractivity (Wildman–Crippen MR) is 99.4 cm³/mol. The molecule has 0 bridgehead atoms. The number of phenols is 1. The molecule has 5 N–H and O–H groups in total. The molecule has 1 atom stereocenters. The summed E-state index contributed by atoms with van der Waals surface area (Å²) in [4.78, 5) is 16.2. The fourth-order valence-electron chi connectivity index (χ4n) is 2.78. The van der Waals surface area contributed by atoms with Crippen LogP contribution in [0.5, 0.6) is 11.5 Å². The van der Waals surface area contributed by atoms with Crippen LogP contribution in [0.2, 0.25) is 0 Å². The van der Waals surface area contributed by atoms with E-state index in [0.29, 0.717) is 31.2 Å². The van der Waals surface area contributed by atoms with Crippen molar-refractivity contribution in [2.24, 2.45) is 10.7 Å². The van der Waals surface area contributed by atoms with Crippen molar-refractivity contribution < 1.29 is 14.6 Å². The van der Waals surface area contributed by atoms with Crippen molar-refractivity contribution in [1.29, 1.82) is 0 Å². The van der Waals surface area contributed by atoms with Crippen molar-refractivity contribution in [2.45, 2.75) is 12.5 Å². The molecule has 0 spiro atoms. The summed E-state index contributed by atoms with van der Waals surface area (Å²) in [5.74, 6) is 1.11. The Morgan fingerprint density at radius 2 is 2.00 bits per heavy atom. The van der Waals surface area contributed by atoms with E-state index < -0.39 is 0 Å². The number of carbonyl (C=O) groups is 1. The quantitative estimate of drug-likeness (QED) is 0.370. The molecule has 7 nitrogen and oxygen atoms in total. The topological polar surface area (TPSA) is 109 Å². The highest BCUT2D eigenvalue weighted by atomic mass is 16.5. The lowest BCUT2D eigenvalue weighted by molar-refractivity contribution is 0.0955. The SMILES string of the molecule is NC(=NCCNC(=O)c1ccc(O)cc1)NC1CCOc2ccccc21. The van der Waals surface area contributed by atoms with E-state index in [1.54, 1.807) is 12.1 Å². The normalized spacial score (nSPS) is 16.3. The van der Waals surface area contributed by atoms with Crippen LogP contribution in [0.4, 0.5) is 0 Å². The summed E-state index contributed by atoms with van der Waals surface area (Å²) in [7, 11) is 0. The second kappa shape index (κ2) is 8.24. The number of amides is 1. The van der Waals surface area contributed by atoms with Crippen molar-refractivity contribution >= 4 is 11.9 Å². The molecule has 1 aliphatic rings. The van der Waals surface area contributed by atoms with E-state index in [-0.39, 0.29) is 17.7 Å². The first-order valence-corrected chi connectivity index (χ1v) is 8.49. The summed E-state index contributed by atoms with van der Waals surface area (Å²) < 4.78 is 5.63. The minimum Gasteiger partial charge on any atom is -0.508 e. The van der Waals surface area contributed by atoms with E-state index in [1.165, 1.54) is 12.1 Å². The van der Waals surface area contributed by atoms with Gasteiger partial charge in [-0.3, -0.25) is 9.79 Å². The number of phenolic OH excluding ortho intramolecular Hbond substituents is 1. The van der Waals surface area contributed by atoms with Gasteiger partial charge in [-0.25, -0.2) is 0 Å². The number of nitrogens with two attached hydrogens (primary N) is 1. The first-order valence-electron chi connectivity index (χ1n) is 8.49. The Kier molecular flexibility index (Phi) is 5.58. The lowest BCUT2D eigenvalue weighted by Crippen LogP contribution is -2.38. The van der Waals surface area contributed by atoms with Gasteiger partial charge in [0, 0.05) is 24.1 Å². The second-order valence-electron chi connectivity index (χ2n) is 5.94. The summed E-state index contributed by atoms with van der Waals surface area (Å²) in [6.45, 7) is 1.37. The monoisotopic (exact) mass is 354 g/mol. The summed E-state index contributed by atoms with van der Waals surface area (Å²) in [5.41, 5.74) is 7.51. The number of carbonyl (C=O) groups excluding carboxylic acids is 1. The molecule has 26 heavy (non-hydrogen) atoms. The van der Waals surface area contributed by atoms with Gasteiger partial charge >= 0.3 is 0 Å². The number of hydrogen-bond donors (Lipinski definition) is 4. The Hall–Kier alpha value is -3.22. The number of fused-ring (bicyclic) bond motifs is 1. The van der Waals surface area contributed by atoms with Crippen LogP contribution in [0.15, 0.2) is 53.5 Å². The van der Waals surface area contributed by atoms with E-state index in [4.69, 9.17) is 10.5 Å². The van der Waals surface area contributed by atoms with Crippen LogP contribution in [0, 0.1) is 0 Å². The first-order chi connectivity index (χ1) is 12.6. The zero-order valence-electron chi connectivity index (χ0n) is 14.3. The number of guanidine groups is 1. The summed E-state index contributed by atoms with van der Waals surface area (Å²) in [5, 5.41) is 15.2. The second-order valence-corrected chi connectivity index (χ2v) is 5.94. The van der Waals surface area contributed by atoms with Crippen molar-refractivity contribution in [1.82, 2.24) is 10.6 Å². The molecule has 0 fully saturated rings. The maximum atomic E-state index is 12.0. The zero-order valence-corrected chi connectivity index (χ0v) is 14.3. The lowest BCUT2D eigenvalue weighted by atomic mass is 10.0. The van der Waals surface area contributed by atoms with E-state index in [0.717, 1.165) is 17.7 Å². The number of hydrogen-bond acceptors (Lipinski definition) is 4. The summed E-state index contributed by atoms with van der Waals surface area (Å²) >= 11 is 0. The van der Waals surface area contributed by atoms with Gasteiger partial charge in [0.1, 0.15) is 11.5 Å². The molecule has 0 aliphatic carbocycles. The number of para-hydroxylation sites is 1. The van der Waals surface area contributed by atoms with Gasteiger partial charge in [0.15, 0.2) is 5.96 Å². The van der Waals surface area contributed by atoms with Crippen molar-refractivity contribution in [3.05, 3.63) is 59.7 Å². The minimum absolute atomic E-state index is 0.0651. The zero-order chi connectivity index (χ0) is 18.4. The van der Waals surface area contributed by atoms with Gasteiger partial charge in [-0.2, -0.15) is 0 Å². The molecule has 136 valence electrons. The van der Waals surface area contributed by atoms with Crippen LogP contribution in [-0.2, 0) is 0 Å². The van der Waals surface area contributed by atoms with E-state index in [1.807, 2.05) is 24.3 Å². The Balaban J connectivity index is 1.47. The fourth-order valence-corrected chi connectivity index (χ4v) is 2.78. The molecule has 0 aromatic heterocycles. The number of aromatic hydroxyl groups is 1. The number of rotatable bonds is 5. The predicted octanol–water partition coefficient (Wildman–Crippen LogP) is 1.55. The van der Waals surface area contributed by atoms with Crippen LogP contribution in [0.25, 0.3) is 0 Å². The number of nitrogens with one attached hydrogen (secondary N) is 2. The molecular weight excluding hydrogens is 332 g/mol. The van der Waals surface area contributed by atoms with Crippen LogP contribution >= 0.6 is 0 Å². The first kappa shape index (κ1) is 17.6. The van der Waals surface area contributed by atoms with Crippen LogP contribution in [0.1, 0.15) is 28.4 Å². The molecule has 1 unspecified atom stereocenters. The number of aliphatic imine (C=N–C) groups is 1. The Labute approximate surface area is 151 Å². The molecule has 2 aromatic carbocycles. The molecule has 0 saturated carbocycles. The molecule has 1 aliphatic heterocycles.